The lowest BCUT2D eigenvalue weighted by Gasteiger charge is -2.29. The van der Waals surface area contributed by atoms with Crippen LogP contribution in [0.4, 0.5) is 0 Å². The molecular formula is C8H18N2OS. The molecule has 4 heteroatoms. The van der Waals surface area contributed by atoms with Gasteiger partial charge in [-0.15, -0.1) is 0 Å². The van der Waals surface area contributed by atoms with E-state index in [1.54, 1.807) is 6.26 Å². The van der Waals surface area contributed by atoms with Gasteiger partial charge in [-0.3, -0.25) is 4.21 Å². The molecule has 72 valence electrons. The van der Waals surface area contributed by atoms with Crippen LogP contribution in [0.25, 0.3) is 0 Å². The first-order valence-electron chi connectivity index (χ1n) is 4.46. The highest BCUT2D eigenvalue weighted by Gasteiger charge is 2.15. The van der Waals surface area contributed by atoms with Crippen molar-refractivity contribution in [2.45, 2.75) is 18.9 Å². The van der Waals surface area contributed by atoms with Gasteiger partial charge in [-0.1, -0.05) is 0 Å². The molecule has 1 saturated heterocycles. The van der Waals surface area contributed by atoms with Gasteiger partial charge in [-0.25, -0.2) is 0 Å². The third-order valence-corrected chi connectivity index (χ3v) is 3.08. The van der Waals surface area contributed by atoms with E-state index >= 15 is 0 Å². The van der Waals surface area contributed by atoms with E-state index < -0.39 is 10.8 Å². The van der Waals surface area contributed by atoms with Crippen LogP contribution in [-0.4, -0.2) is 46.8 Å². The molecule has 0 bridgehead atoms. The molecule has 1 heterocycles. The Morgan fingerprint density at radius 2 is 2.08 bits per heavy atom. The largest absolute Gasteiger partial charge is 0.328 e. The molecule has 1 aliphatic heterocycles. The number of hydrogen-bond acceptors (Lipinski definition) is 3. The smallest absolute Gasteiger partial charge is 0.0359 e. The van der Waals surface area contributed by atoms with E-state index in [2.05, 4.69) is 4.90 Å². The Morgan fingerprint density at radius 1 is 1.50 bits per heavy atom. The summed E-state index contributed by atoms with van der Waals surface area (Å²) < 4.78 is 10.8. The zero-order chi connectivity index (χ0) is 8.97. The summed E-state index contributed by atoms with van der Waals surface area (Å²) in [5, 5.41) is 0. The van der Waals surface area contributed by atoms with Gasteiger partial charge in [0.2, 0.25) is 0 Å². The maximum absolute atomic E-state index is 10.8. The molecule has 1 fully saturated rings. The Hall–Kier alpha value is 0.0700. The van der Waals surface area contributed by atoms with Crippen molar-refractivity contribution in [3.8, 4) is 0 Å². The van der Waals surface area contributed by atoms with Gasteiger partial charge in [-0.2, -0.15) is 0 Å². The fraction of sp³-hybridized carbons (Fsp3) is 1.00. The van der Waals surface area contributed by atoms with E-state index in [1.807, 2.05) is 0 Å². The first-order valence-corrected chi connectivity index (χ1v) is 6.19. The summed E-state index contributed by atoms with van der Waals surface area (Å²) in [5.41, 5.74) is 5.77. The Morgan fingerprint density at radius 3 is 2.58 bits per heavy atom. The van der Waals surface area contributed by atoms with Crippen molar-refractivity contribution >= 4 is 10.8 Å². The van der Waals surface area contributed by atoms with Gasteiger partial charge < -0.3 is 10.6 Å². The average molecular weight is 190 g/mol. The molecule has 0 aromatic heterocycles. The average Bonchev–Trinajstić information content (AvgIpc) is 2.03. The molecule has 0 radical (unpaired) electrons. The van der Waals surface area contributed by atoms with E-state index in [0.29, 0.717) is 6.04 Å². The van der Waals surface area contributed by atoms with Gasteiger partial charge in [0.25, 0.3) is 0 Å². The first kappa shape index (κ1) is 10.2. The molecule has 0 aliphatic carbocycles. The van der Waals surface area contributed by atoms with Gasteiger partial charge in [0, 0.05) is 35.4 Å². The van der Waals surface area contributed by atoms with Crippen LogP contribution in [0.2, 0.25) is 0 Å². The van der Waals surface area contributed by atoms with Crippen molar-refractivity contribution in [2.75, 3.05) is 31.6 Å². The second-order valence-electron chi connectivity index (χ2n) is 3.46. The lowest BCUT2D eigenvalue weighted by Crippen LogP contribution is -2.41. The molecule has 3 nitrogen and oxygen atoms in total. The van der Waals surface area contributed by atoms with Crippen molar-refractivity contribution in [3.63, 3.8) is 0 Å². The molecule has 1 aliphatic rings. The van der Waals surface area contributed by atoms with Crippen LogP contribution in [0.15, 0.2) is 0 Å². The van der Waals surface area contributed by atoms with E-state index in [4.69, 9.17) is 5.73 Å². The monoisotopic (exact) mass is 190 g/mol. The number of hydrogen-bond donors (Lipinski definition) is 1. The van der Waals surface area contributed by atoms with Crippen LogP contribution in [0, 0.1) is 0 Å². The zero-order valence-electron chi connectivity index (χ0n) is 7.66. The number of nitrogens with zero attached hydrogens (tertiary/aromatic N) is 1. The molecule has 1 atom stereocenters. The SMILES string of the molecule is C[S@](=O)CCN1CCC(N)CC1. The number of likely N-dealkylation sites (tertiary alicyclic amines) is 1. The lowest BCUT2D eigenvalue weighted by molar-refractivity contribution is 0.225. The summed E-state index contributed by atoms with van der Waals surface area (Å²) >= 11 is 0. The molecule has 0 unspecified atom stereocenters. The summed E-state index contributed by atoms with van der Waals surface area (Å²) in [7, 11) is -0.649. The predicted molar refractivity (Wildman–Crippen MR) is 52.6 cm³/mol. The quantitative estimate of drug-likeness (QED) is 0.670. The Balaban J connectivity index is 2.13. The van der Waals surface area contributed by atoms with Crippen molar-refractivity contribution in [2.24, 2.45) is 5.73 Å². The highest BCUT2D eigenvalue weighted by Crippen LogP contribution is 2.07. The number of rotatable bonds is 3. The summed E-state index contributed by atoms with van der Waals surface area (Å²) in [6.45, 7) is 3.13. The first-order chi connectivity index (χ1) is 5.68. The molecule has 12 heavy (non-hydrogen) atoms. The Kier molecular flexibility index (Phi) is 4.18. The highest BCUT2D eigenvalue weighted by atomic mass is 32.2. The van der Waals surface area contributed by atoms with Gasteiger partial charge in [0.05, 0.1) is 0 Å². The van der Waals surface area contributed by atoms with Gasteiger partial charge in [0.15, 0.2) is 0 Å². The number of piperidine rings is 1. The summed E-state index contributed by atoms with van der Waals surface area (Å²) in [6, 6.07) is 0.397. The number of nitrogens with two attached hydrogens (primary N) is 1. The lowest BCUT2D eigenvalue weighted by atomic mass is 10.1. The summed E-state index contributed by atoms with van der Waals surface area (Å²) in [4.78, 5) is 2.35. The zero-order valence-corrected chi connectivity index (χ0v) is 8.48. The topological polar surface area (TPSA) is 46.3 Å². The third-order valence-electron chi connectivity index (χ3n) is 2.33. The van der Waals surface area contributed by atoms with Crippen LogP contribution in [0.3, 0.4) is 0 Å². The van der Waals surface area contributed by atoms with Crippen LogP contribution in [0.1, 0.15) is 12.8 Å². The standard InChI is InChI=1S/C8H18N2OS/c1-12(11)7-6-10-4-2-8(9)3-5-10/h8H,2-7,9H2,1H3/t12-/m0/s1. The highest BCUT2D eigenvalue weighted by molar-refractivity contribution is 7.84. The normalized spacial score (nSPS) is 24.2. The Labute approximate surface area is 76.8 Å². The predicted octanol–water partition coefficient (Wildman–Crippen LogP) is -0.212. The van der Waals surface area contributed by atoms with Crippen LogP contribution < -0.4 is 5.73 Å². The van der Waals surface area contributed by atoms with Crippen LogP contribution >= 0.6 is 0 Å². The fourth-order valence-corrected chi connectivity index (χ4v) is 1.95. The van der Waals surface area contributed by atoms with E-state index in [-0.39, 0.29) is 0 Å². The maximum Gasteiger partial charge on any atom is 0.0359 e. The fourth-order valence-electron chi connectivity index (χ4n) is 1.43. The molecule has 2 N–H and O–H groups in total. The molecule has 0 aromatic rings. The minimum absolute atomic E-state index is 0.397. The van der Waals surface area contributed by atoms with Crippen LogP contribution in [-0.2, 0) is 10.8 Å². The van der Waals surface area contributed by atoms with E-state index in [0.717, 1.165) is 38.2 Å². The molecule has 0 spiro atoms. The summed E-state index contributed by atoms with van der Waals surface area (Å²) in [5.74, 6) is 0.801. The van der Waals surface area contributed by atoms with E-state index in [9.17, 15) is 4.21 Å². The van der Waals surface area contributed by atoms with Gasteiger partial charge in [0.1, 0.15) is 0 Å². The summed E-state index contributed by atoms with van der Waals surface area (Å²) in [6.07, 6.45) is 3.95. The minimum atomic E-state index is -0.649. The Bertz CT molecular complexity index is 155. The van der Waals surface area contributed by atoms with Crippen molar-refractivity contribution in [1.82, 2.24) is 4.90 Å². The molecular weight excluding hydrogens is 172 g/mol. The van der Waals surface area contributed by atoms with Crippen molar-refractivity contribution in [1.29, 1.82) is 0 Å². The van der Waals surface area contributed by atoms with E-state index in [1.165, 1.54) is 0 Å². The van der Waals surface area contributed by atoms with Gasteiger partial charge >= 0.3 is 0 Å². The molecule has 0 aromatic carbocycles. The molecule has 0 amide bonds. The van der Waals surface area contributed by atoms with Crippen molar-refractivity contribution in [3.05, 3.63) is 0 Å². The minimum Gasteiger partial charge on any atom is -0.328 e. The molecule has 1 rings (SSSR count). The second kappa shape index (κ2) is 4.94. The molecule has 0 saturated carbocycles. The van der Waals surface area contributed by atoms with Crippen LogP contribution in [0.5, 0.6) is 0 Å². The second-order valence-corrected chi connectivity index (χ2v) is 5.01. The van der Waals surface area contributed by atoms with Gasteiger partial charge in [-0.05, 0) is 25.9 Å². The third kappa shape index (κ3) is 3.65. The maximum atomic E-state index is 10.8. The van der Waals surface area contributed by atoms with Crippen molar-refractivity contribution < 1.29 is 4.21 Å².